The molecular formula is C19H22F2N4O2. The van der Waals surface area contributed by atoms with Crippen LogP contribution in [-0.4, -0.2) is 39.6 Å². The van der Waals surface area contributed by atoms with Crippen LogP contribution in [0.3, 0.4) is 0 Å². The highest BCUT2D eigenvalue weighted by Gasteiger charge is 2.29. The maximum Gasteiger partial charge on any atom is 0.256 e. The molecule has 1 aromatic carbocycles. The van der Waals surface area contributed by atoms with Crippen LogP contribution in [0.15, 0.2) is 30.5 Å². The molecule has 2 aromatic rings. The van der Waals surface area contributed by atoms with Gasteiger partial charge in [-0.15, -0.1) is 0 Å². The van der Waals surface area contributed by atoms with Gasteiger partial charge in [-0.3, -0.25) is 9.59 Å². The quantitative estimate of drug-likeness (QED) is 0.891. The summed E-state index contributed by atoms with van der Waals surface area (Å²) in [6.07, 6.45) is 2.60. The van der Waals surface area contributed by atoms with Crippen LogP contribution in [0, 0.1) is 17.6 Å². The molecule has 1 saturated heterocycles. The van der Waals surface area contributed by atoms with E-state index in [0.29, 0.717) is 37.8 Å². The lowest BCUT2D eigenvalue weighted by Crippen LogP contribution is -2.41. The molecule has 144 valence electrons. The van der Waals surface area contributed by atoms with Crippen molar-refractivity contribution in [1.29, 1.82) is 0 Å². The van der Waals surface area contributed by atoms with Gasteiger partial charge >= 0.3 is 0 Å². The number of hydrogen-bond acceptors (Lipinski definition) is 3. The largest absolute Gasteiger partial charge is 0.339 e. The molecule has 0 bridgehead atoms. The number of piperidine rings is 1. The lowest BCUT2D eigenvalue weighted by atomic mass is 9.95. The van der Waals surface area contributed by atoms with Crippen molar-refractivity contribution in [2.75, 3.05) is 18.4 Å². The molecule has 3 rings (SSSR count). The fraction of sp³-hybridized carbons (Fsp3) is 0.421. The highest BCUT2D eigenvalue weighted by molar-refractivity contribution is 5.95. The van der Waals surface area contributed by atoms with E-state index < -0.39 is 17.5 Å². The molecule has 2 amide bonds. The van der Waals surface area contributed by atoms with E-state index in [1.807, 2.05) is 13.8 Å². The predicted octanol–water partition coefficient (Wildman–Crippen LogP) is 3.23. The molecule has 0 aliphatic carbocycles. The van der Waals surface area contributed by atoms with Crippen molar-refractivity contribution in [2.45, 2.75) is 32.7 Å². The first kappa shape index (κ1) is 19.0. The van der Waals surface area contributed by atoms with Gasteiger partial charge in [0.15, 0.2) is 0 Å². The highest BCUT2D eigenvalue weighted by atomic mass is 19.1. The molecule has 0 spiro atoms. The summed E-state index contributed by atoms with van der Waals surface area (Å²) >= 11 is 0. The minimum absolute atomic E-state index is 0.113. The first-order valence-corrected chi connectivity index (χ1v) is 8.95. The van der Waals surface area contributed by atoms with Crippen molar-refractivity contribution in [3.05, 3.63) is 47.7 Å². The Morgan fingerprint density at radius 1 is 1.19 bits per heavy atom. The van der Waals surface area contributed by atoms with Gasteiger partial charge in [-0.05, 0) is 38.8 Å². The van der Waals surface area contributed by atoms with Crippen molar-refractivity contribution >= 4 is 17.6 Å². The number of amides is 2. The lowest BCUT2D eigenvalue weighted by Gasteiger charge is -2.31. The summed E-state index contributed by atoms with van der Waals surface area (Å²) in [4.78, 5) is 26.5. The molecule has 0 saturated carbocycles. The van der Waals surface area contributed by atoms with Crippen LogP contribution in [0.1, 0.15) is 43.1 Å². The Morgan fingerprint density at radius 3 is 2.52 bits per heavy atom. The van der Waals surface area contributed by atoms with Crippen LogP contribution in [0.4, 0.5) is 14.6 Å². The van der Waals surface area contributed by atoms with Gasteiger partial charge in [0.05, 0.1) is 11.8 Å². The number of nitrogens with one attached hydrogen (secondary N) is 1. The van der Waals surface area contributed by atoms with Gasteiger partial charge in [0.2, 0.25) is 5.91 Å². The SMILES string of the molecule is CC(C)n1nccc1NC(=O)C1CCN(C(=O)c2ccc(F)cc2F)CC1. The van der Waals surface area contributed by atoms with Crippen LogP contribution in [0.2, 0.25) is 0 Å². The molecule has 1 aliphatic rings. The van der Waals surface area contributed by atoms with Crippen molar-refractivity contribution in [1.82, 2.24) is 14.7 Å². The van der Waals surface area contributed by atoms with Gasteiger partial charge in [-0.1, -0.05) is 0 Å². The summed E-state index contributed by atoms with van der Waals surface area (Å²) in [7, 11) is 0. The summed E-state index contributed by atoms with van der Waals surface area (Å²) in [5.41, 5.74) is -0.153. The first-order chi connectivity index (χ1) is 12.9. The van der Waals surface area contributed by atoms with Gasteiger partial charge in [-0.2, -0.15) is 5.10 Å². The molecular weight excluding hydrogens is 354 g/mol. The van der Waals surface area contributed by atoms with Gasteiger partial charge < -0.3 is 10.2 Å². The Labute approximate surface area is 156 Å². The number of hydrogen-bond donors (Lipinski definition) is 1. The average Bonchev–Trinajstić information content (AvgIpc) is 3.10. The molecule has 6 nitrogen and oxygen atoms in total. The lowest BCUT2D eigenvalue weighted by molar-refractivity contribution is -0.121. The van der Waals surface area contributed by atoms with Crippen LogP contribution < -0.4 is 5.32 Å². The fourth-order valence-corrected chi connectivity index (χ4v) is 3.23. The zero-order chi connectivity index (χ0) is 19.6. The minimum Gasteiger partial charge on any atom is -0.339 e. The van der Waals surface area contributed by atoms with Crippen LogP contribution in [0.25, 0.3) is 0 Å². The summed E-state index contributed by atoms with van der Waals surface area (Å²) < 4.78 is 28.6. The van der Waals surface area contributed by atoms with Crippen molar-refractivity contribution in [3.63, 3.8) is 0 Å². The summed E-state index contributed by atoms with van der Waals surface area (Å²) in [5.74, 6) is -1.78. The molecule has 1 aliphatic heterocycles. The number of nitrogens with zero attached hydrogens (tertiary/aromatic N) is 3. The third kappa shape index (κ3) is 4.15. The van der Waals surface area contributed by atoms with Crippen LogP contribution in [0.5, 0.6) is 0 Å². The second kappa shape index (κ2) is 7.85. The van der Waals surface area contributed by atoms with Crippen molar-refractivity contribution < 1.29 is 18.4 Å². The van der Waals surface area contributed by atoms with E-state index >= 15 is 0 Å². The normalized spacial score (nSPS) is 15.2. The molecule has 0 radical (unpaired) electrons. The number of benzene rings is 1. The molecule has 0 atom stereocenters. The maximum absolute atomic E-state index is 13.8. The van der Waals surface area contributed by atoms with E-state index in [4.69, 9.17) is 0 Å². The number of rotatable bonds is 4. The van der Waals surface area contributed by atoms with Gasteiger partial charge in [0, 0.05) is 37.2 Å². The van der Waals surface area contributed by atoms with Crippen LogP contribution in [-0.2, 0) is 4.79 Å². The number of carbonyl (C=O) groups is 2. The number of halogens is 2. The third-order valence-corrected chi connectivity index (χ3v) is 4.73. The number of aromatic nitrogens is 2. The summed E-state index contributed by atoms with van der Waals surface area (Å²) in [6, 6.07) is 4.78. The zero-order valence-corrected chi connectivity index (χ0v) is 15.3. The minimum atomic E-state index is -0.873. The van der Waals surface area contributed by atoms with E-state index in [2.05, 4.69) is 10.4 Å². The van der Waals surface area contributed by atoms with E-state index in [9.17, 15) is 18.4 Å². The standard InChI is InChI=1S/C19H22F2N4O2/c1-12(2)25-17(5-8-22-25)23-18(26)13-6-9-24(10-7-13)19(27)15-4-3-14(20)11-16(15)21/h3-5,8,11-13H,6-7,9-10H2,1-2H3,(H,23,26). The second-order valence-electron chi connectivity index (χ2n) is 6.93. The molecule has 2 heterocycles. The molecule has 0 unspecified atom stereocenters. The number of anilines is 1. The number of likely N-dealkylation sites (tertiary alicyclic amines) is 1. The van der Waals surface area contributed by atoms with Crippen molar-refractivity contribution in [3.8, 4) is 0 Å². The molecule has 1 N–H and O–H groups in total. The monoisotopic (exact) mass is 376 g/mol. The van der Waals surface area contributed by atoms with E-state index in [1.165, 1.54) is 4.90 Å². The van der Waals surface area contributed by atoms with Gasteiger partial charge in [0.25, 0.3) is 5.91 Å². The fourth-order valence-electron chi connectivity index (χ4n) is 3.23. The molecule has 1 aromatic heterocycles. The van der Waals surface area contributed by atoms with Gasteiger partial charge in [-0.25, -0.2) is 13.5 Å². The molecule has 8 heteroatoms. The highest BCUT2D eigenvalue weighted by Crippen LogP contribution is 2.22. The Morgan fingerprint density at radius 2 is 1.89 bits per heavy atom. The second-order valence-corrected chi connectivity index (χ2v) is 6.93. The summed E-state index contributed by atoms with van der Waals surface area (Å²) in [6.45, 7) is 4.64. The Balaban J connectivity index is 1.59. The molecule has 1 fully saturated rings. The molecule has 27 heavy (non-hydrogen) atoms. The maximum atomic E-state index is 13.8. The summed E-state index contributed by atoms with van der Waals surface area (Å²) in [5, 5.41) is 7.07. The first-order valence-electron chi connectivity index (χ1n) is 8.95. The Hall–Kier alpha value is -2.77. The van der Waals surface area contributed by atoms with E-state index in [-0.39, 0.29) is 23.4 Å². The van der Waals surface area contributed by atoms with Crippen LogP contribution >= 0.6 is 0 Å². The van der Waals surface area contributed by atoms with Crippen molar-refractivity contribution in [2.24, 2.45) is 5.92 Å². The predicted molar refractivity (Wildman–Crippen MR) is 96.2 cm³/mol. The zero-order valence-electron chi connectivity index (χ0n) is 15.3. The third-order valence-electron chi connectivity index (χ3n) is 4.73. The van der Waals surface area contributed by atoms with E-state index in [0.717, 1.165) is 12.1 Å². The Bertz CT molecular complexity index is 842. The number of carbonyl (C=O) groups excluding carboxylic acids is 2. The topological polar surface area (TPSA) is 67.2 Å². The average molecular weight is 376 g/mol. The Kier molecular flexibility index (Phi) is 5.53. The smallest absolute Gasteiger partial charge is 0.256 e. The van der Waals surface area contributed by atoms with Gasteiger partial charge in [0.1, 0.15) is 17.5 Å². The van der Waals surface area contributed by atoms with E-state index in [1.54, 1.807) is 16.9 Å².